The van der Waals surface area contributed by atoms with Gasteiger partial charge in [-0.1, -0.05) is 6.08 Å². The van der Waals surface area contributed by atoms with Gasteiger partial charge >= 0.3 is 5.97 Å². The summed E-state index contributed by atoms with van der Waals surface area (Å²) in [7, 11) is 1.31. The smallest absolute Gasteiger partial charge is 0.325 e. The molecule has 76 valence electrons. The molecule has 1 fully saturated rings. The van der Waals surface area contributed by atoms with Gasteiger partial charge in [-0.3, -0.25) is 9.59 Å². The van der Waals surface area contributed by atoms with E-state index in [4.69, 9.17) is 0 Å². The number of rotatable bonds is 3. The molecule has 0 heterocycles. The SMILES string of the molecule is COC(=O)CNC(=O)C1=CC2CC1C2. The van der Waals surface area contributed by atoms with Gasteiger partial charge in [-0.15, -0.1) is 0 Å². The summed E-state index contributed by atoms with van der Waals surface area (Å²) >= 11 is 0. The lowest BCUT2D eigenvalue weighted by atomic mass is 9.81. The first kappa shape index (κ1) is 9.24. The third-order valence-corrected chi connectivity index (χ3v) is 2.91. The second-order valence-electron chi connectivity index (χ2n) is 3.81. The van der Waals surface area contributed by atoms with E-state index in [1.807, 2.05) is 6.08 Å². The number of amides is 1. The third-order valence-electron chi connectivity index (χ3n) is 2.91. The van der Waals surface area contributed by atoms with Crippen molar-refractivity contribution in [1.29, 1.82) is 0 Å². The average Bonchev–Trinajstić information content (AvgIpc) is 2.70. The Balaban J connectivity index is 1.82. The lowest BCUT2D eigenvalue weighted by Crippen LogP contribution is -2.32. The lowest BCUT2D eigenvalue weighted by molar-refractivity contribution is -0.140. The maximum Gasteiger partial charge on any atom is 0.325 e. The molecule has 1 N–H and O–H groups in total. The normalized spacial score (nSPS) is 27.6. The van der Waals surface area contributed by atoms with Gasteiger partial charge in [-0.2, -0.15) is 0 Å². The Labute approximate surface area is 82.3 Å². The van der Waals surface area contributed by atoms with Crippen molar-refractivity contribution in [2.45, 2.75) is 12.8 Å². The van der Waals surface area contributed by atoms with E-state index in [9.17, 15) is 9.59 Å². The van der Waals surface area contributed by atoms with Gasteiger partial charge < -0.3 is 10.1 Å². The van der Waals surface area contributed by atoms with Crippen molar-refractivity contribution in [3.63, 3.8) is 0 Å². The fourth-order valence-corrected chi connectivity index (χ4v) is 2.03. The van der Waals surface area contributed by atoms with E-state index in [0.717, 1.165) is 18.4 Å². The summed E-state index contributed by atoms with van der Waals surface area (Å²) in [5.74, 6) is 0.529. The van der Waals surface area contributed by atoms with Crippen LogP contribution in [0.1, 0.15) is 12.8 Å². The fourth-order valence-electron chi connectivity index (χ4n) is 2.03. The molecular weight excluding hydrogens is 182 g/mol. The molecule has 0 unspecified atom stereocenters. The summed E-state index contributed by atoms with van der Waals surface area (Å²) < 4.78 is 4.43. The minimum Gasteiger partial charge on any atom is -0.468 e. The van der Waals surface area contributed by atoms with Gasteiger partial charge in [0.1, 0.15) is 6.54 Å². The minimum absolute atomic E-state index is 0.0376. The molecule has 3 aliphatic rings. The molecule has 3 rings (SSSR count). The molecule has 0 saturated heterocycles. The quantitative estimate of drug-likeness (QED) is 0.656. The number of ether oxygens (including phenoxy) is 1. The summed E-state index contributed by atoms with van der Waals surface area (Å²) in [6.07, 6.45) is 4.25. The molecule has 1 amide bonds. The predicted octanol–water partition coefficient (Wildman–Crippen LogP) is 0.242. The summed E-state index contributed by atoms with van der Waals surface area (Å²) in [5.41, 5.74) is 0.860. The van der Waals surface area contributed by atoms with E-state index in [1.165, 1.54) is 7.11 Å². The zero-order valence-electron chi connectivity index (χ0n) is 8.08. The Morgan fingerprint density at radius 3 is 2.79 bits per heavy atom. The molecule has 0 aromatic carbocycles. The van der Waals surface area contributed by atoms with Crippen LogP contribution in [0.3, 0.4) is 0 Å². The summed E-state index contributed by atoms with van der Waals surface area (Å²) in [5, 5.41) is 2.55. The second-order valence-corrected chi connectivity index (χ2v) is 3.81. The zero-order chi connectivity index (χ0) is 10.1. The van der Waals surface area contributed by atoms with Crippen molar-refractivity contribution in [1.82, 2.24) is 5.32 Å². The number of nitrogens with one attached hydrogen (secondary N) is 1. The molecule has 4 nitrogen and oxygen atoms in total. The highest BCUT2D eigenvalue weighted by Crippen LogP contribution is 2.47. The number of carbonyl (C=O) groups is 2. The van der Waals surface area contributed by atoms with Crippen molar-refractivity contribution < 1.29 is 14.3 Å². The maximum absolute atomic E-state index is 11.5. The van der Waals surface area contributed by atoms with Gasteiger partial charge in [-0.05, 0) is 24.7 Å². The Morgan fingerprint density at radius 1 is 1.57 bits per heavy atom. The predicted molar refractivity (Wildman–Crippen MR) is 49.3 cm³/mol. The number of methoxy groups -OCH3 is 1. The summed E-state index contributed by atoms with van der Waals surface area (Å²) in [4.78, 5) is 22.3. The molecule has 0 radical (unpaired) electrons. The third kappa shape index (κ3) is 1.52. The van der Waals surface area contributed by atoms with E-state index in [1.54, 1.807) is 0 Å². The average molecular weight is 195 g/mol. The van der Waals surface area contributed by atoms with Crippen LogP contribution in [0.5, 0.6) is 0 Å². The minimum atomic E-state index is -0.413. The monoisotopic (exact) mass is 195 g/mol. The highest BCUT2D eigenvalue weighted by molar-refractivity contribution is 5.96. The van der Waals surface area contributed by atoms with Crippen LogP contribution in [-0.4, -0.2) is 25.5 Å². The molecule has 1 saturated carbocycles. The van der Waals surface area contributed by atoms with Crippen LogP contribution in [0, 0.1) is 11.8 Å². The van der Waals surface area contributed by atoms with Crippen molar-refractivity contribution >= 4 is 11.9 Å². The van der Waals surface area contributed by atoms with E-state index < -0.39 is 5.97 Å². The molecule has 4 heteroatoms. The van der Waals surface area contributed by atoms with Crippen LogP contribution >= 0.6 is 0 Å². The highest BCUT2D eigenvalue weighted by Gasteiger charge is 2.40. The summed E-state index contributed by atoms with van der Waals surface area (Å²) in [6.45, 7) is -0.0376. The van der Waals surface area contributed by atoms with Crippen molar-refractivity contribution in [2.24, 2.45) is 11.8 Å². The van der Waals surface area contributed by atoms with Crippen molar-refractivity contribution in [3.05, 3.63) is 11.6 Å². The Kier molecular flexibility index (Phi) is 2.27. The van der Waals surface area contributed by atoms with Crippen LogP contribution in [0.25, 0.3) is 0 Å². The number of allylic oxidation sites excluding steroid dienone is 1. The van der Waals surface area contributed by atoms with Gasteiger partial charge in [-0.25, -0.2) is 0 Å². The van der Waals surface area contributed by atoms with Crippen LogP contribution in [0.15, 0.2) is 11.6 Å². The molecule has 0 aromatic heterocycles. The Bertz CT molecular complexity index is 302. The van der Waals surface area contributed by atoms with Gasteiger partial charge in [0.15, 0.2) is 0 Å². The van der Waals surface area contributed by atoms with Gasteiger partial charge in [0.2, 0.25) is 5.91 Å². The fraction of sp³-hybridized carbons (Fsp3) is 0.600. The molecule has 3 aliphatic carbocycles. The number of esters is 1. The standard InChI is InChI=1S/C10H13NO3/c1-14-9(12)5-11-10(13)8-4-6-2-7(8)3-6/h4,6-7H,2-3,5H2,1H3,(H,11,13). The molecule has 0 aromatic rings. The highest BCUT2D eigenvalue weighted by atomic mass is 16.5. The topological polar surface area (TPSA) is 55.4 Å². The second kappa shape index (κ2) is 3.44. The van der Waals surface area contributed by atoms with Gasteiger partial charge in [0, 0.05) is 5.57 Å². The van der Waals surface area contributed by atoms with E-state index in [2.05, 4.69) is 10.1 Å². The summed E-state index contributed by atoms with van der Waals surface area (Å²) in [6, 6.07) is 0. The van der Waals surface area contributed by atoms with Gasteiger partial charge in [0.05, 0.1) is 7.11 Å². The van der Waals surface area contributed by atoms with Crippen LogP contribution in [0.2, 0.25) is 0 Å². The number of hydrogen-bond donors (Lipinski definition) is 1. The lowest BCUT2D eigenvalue weighted by Gasteiger charge is -2.24. The van der Waals surface area contributed by atoms with Crippen LogP contribution < -0.4 is 5.32 Å². The van der Waals surface area contributed by atoms with E-state index >= 15 is 0 Å². The van der Waals surface area contributed by atoms with E-state index in [0.29, 0.717) is 11.8 Å². The van der Waals surface area contributed by atoms with Crippen LogP contribution in [-0.2, 0) is 14.3 Å². The number of hydrogen-bond acceptors (Lipinski definition) is 3. The Morgan fingerprint density at radius 2 is 2.29 bits per heavy atom. The molecule has 14 heavy (non-hydrogen) atoms. The van der Waals surface area contributed by atoms with Crippen LogP contribution in [0.4, 0.5) is 0 Å². The molecule has 0 atom stereocenters. The molecular formula is C10H13NO3. The van der Waals surface area contributed by atoms with Crippen molar-refractivity contribution in [3.8, 4) is 0 Å². The first-order valence-electron chi connectivity index (χ1n) is 4.77. The van der Waals surface area contributed by atoms with E-state index in [-0.39, 0.29) is 12.5 Å². The number of carbonyl (C=O) groups excluding carboxylic acids is 2. The Hall–Kier alpha value is -1.32. The molecule has 2 bridgehead atoms. The molecule has 0 aliphatic heterocycles. The van der Waals surface area contributed by atoms with Gasteiger partial charge in [0.25, 0.3) is 0 Å². The first-order valence-corrected chi connectivity index (χ1v) is 4.77. The maximum atomic E-state index is 11.5. The van der Waals surface area contributed by atoms with Crippen molar-refractivity contribution in [2.75, 3.05) is 13.7 Å². The molecule has 0 spiro atoms. The zero-order valence-corrected chi connectivity index (χ0v) is 8.08. The first-order chi connectivity index (χ1) is 6.70. The largest absolute Gasteiger partial charge is 0.468 e.